The molecular formula is C16H14BrN3O3S. The summed E-state index contributed by atoms with van der Waals surface area (Å²) in [7, 11) is 1.57. The summed E-state index contributed by atoms with van der Waals surface area (Å²) in [6.07, 6.45) is 1.49. The molecule has 1 fully saturated rings. The Morgan fingerprint density at radius 1 is 1.25 bits per heavy atom. The van der Waals surface area contributed by atoms with Crippen molar-refractivity contribution >= 4 is 45.4 Å². The number of imide groups is 1. The Morgan fingerprint density at radius 3 is 2.54 bits per heavy atom. The minimum Gasteiger partial charge on any atom is -0.497 e. The average Bonchev–Trinajstić information content (AvgIpc) is 3.08. The van der Waals surface area contributed by atoms with Crippen molar-refractivity contribution < 1.29 is 14.3 Å². The highest BCUT2D eigenvalue weighted by Crippen LogP contribution is 2.30. The highest BCUT2D eigenvalue weighted by Gasteiger charge is 2.49. The fourth-order valence-corrected chi connectivity index (χ4v) is 3.65. The second kappa shape index (κ2) is 6.37. The fourth-order valence-electron chi connectivity index (χ4n) is 2.36. The Hall–Kier alpha value is -2.19. The van der Waals surface area contributed by atoms with Gasteiger partial charge in [-0.1, -0.05) is 12.1 Å². The van der Waals surface area contributed by atoms with Crippen molar-refractivity contribution in [3.63, 3.8) is 0 Å². The molecule has 1 aromatic carbocycles. The van der Waals surface area contributed by atoms with E-state index in [1.165, 1.54) is 17.6 Å². The number of carbonyl (C=O) groups is 2. The number of nitrogens with zero attached hydrogens (tertiary/aromatic N) is 2. The van der Waals surface area contributed by atoms with E-state index in [-0.39, 0.29) is 0 Å². The summed E-state index contributed by atoms with van der Waals surface area (Å²) in [6.45, 7) is 1.66. The van der Waals surface area contributed by atoms with Gasteiger partial charge in [0.15, 0.2) is 0 Å². The van der Waals surface area contributed by atoms with E-state index in [4.69, 9.17) is 4.74 Å². The number of halogens is 1. The number of methoxy groups -OCH3 is 1. The Balaban J connectivity index is 1.85. The molecule has 6 nitrogen and oxygen atoms in total. The molecule has 1 N–H and O–H groups in total. The first kappa shape index (κ1) is 16.7. The van der Waals surface area contributed by atoms with Crippen LogP contribution in [0.3, 0.4) is 0 Å². The van der Waals surface area contributed by atoms with Gasteiger partial charge in [-0.3, -0.25) is 4.79 Å². The molecule has 0 aliphatic carbocycles. The van der Waals surface area contributed by atoms with Gasteiger partial charge in [0.1, 0.15) is 11.3 Å². The van der Waals surface area contributed by atoms with Crippen LogP contribution in [0.2, 0.25) is 0 Å². The molecule has 3 rings (SSSR count). The van der Waals surface area contributed by atoms with Crippen LogP contribution in [0.4, 0.5) is 4.79 Å². The molecule has 0 bridgehead atoms. The molecule has 1 saturated heterocycles. The average molecular weight is 408 g/mol. The van der Waals surface area contributed by atoms with Crippen LogP contribution in [0.15, 0.2) is 45.3 Å². The summed E-state index contributed by atoms with van der Waals surface area (Å²) >= 11 is 4.81. The Morgan fingerprint density at radius 2 is 1.96 bits per heavy atom. The highest BCUT2D eigenvalue weighted by molar-refractivity contribution is 9.11. The SMILES string of the molecule is COc1ccc(C2(C)NC(=O)N(/N=C/c3ccc(Br)s3)C2=O)cc1. The van der Waals surface area contributed by atoms with Gasteiger partial charge in [0.2, 0.25) is 0 Å². The van der Waals surface area contributed by atoms with Crippen molar-refractivity contribution in [2.24, 2.45) is 5.10 Å². The molecule has 1 unspecified atom stereocenters. The van der Waals surface area contributed by atoms with Crippen molar-refractivity contribution in [2.75, 3.05) is 7.11 Å². The molecule has 1 aliphatic heterocycles. The number of hydrazone groups is 1. The van der Waals surface area contributed by atoms with Crippen LogP contribution in [0.5, 0.6) is 5.75 Å². The summed E-state index contributed by atoms with van der Waals surface area (Å²) in [5.74, 6) is 0.252. The number of amides is 3. The van der Waals surface area contributed by atoms with Gasteiger partial charge in [0, 0.05) is 4.88 Å². The molecule has 24 heavy (non-hydrogen) atoms. The molecule has 124 valence electrons. The number of rotatable bonds is 4. The van der Waals surface area contributed by atoms with E-state index < -0.39 is 17.5 Å². The van der Waals surface area contributed by atoms with E-state index >= 15 is 0 Å². The molecule has 8 heteroatoms. The van der Waals surface area contributed by atoms with Crippen LogP contribution in [-0.4, -0.2) is 30.3 Å². The smallest absolute Gasteiger partial charge is 0.346 e. The van der Waals surface area contributed by atoms with Crippen molar-refractivity contribution in [1.82, 2.24) is 10.3 Å². The minimum absolute atomic E-state index is 0.426. The van der Waals surface area contributed by atoms with Crippen molar-refractivity contribution in [2.45, 2.75) is 12.5 Å². The molecule has 1 aromatic heterocycles. The second-order valence-corrected chi connectivity index (χ2v) is 7.78. The van der Waals surface area contributed by atoms with Crippen LogP contribution >= 0.6 is 27.3 Å². The predicted molar refractivity (Wildman–Crippen MR) is 95.3 cm³/mol. The van der Waals surface area contributed by atoms with Crippen LogP contribution < -0.4 is 10.1 Å². The maximum atomic E-state index is 12.7. The predicted octanol–water partition coefficient (Wildman–Crippen LogP) is 3.32. The number of hydrogen-bond acceptors (Lipinski definition) is 5. The maximum absolute atomic E-state index is 12.7. The minimum atomic E-state index is -1.16. The molecule has 0 radical (unpaired) electrons. The van der Waals surface area contributed by atoms with Gasteiger partial charge in [-0.25, -0.2) is 4.79 Å². The summed E-state index contributed by atoms with van der Waals surface area (Å²) in [5, 5.41) is 7.60. The van der Waals surface area contributed by atoms with Crippen molar-refractivity contribution in [3.05, 3.63) is 50.6 Å². The third-order valence-corrected chi connectivity index (χ3v) is 5.29. The Labute approximate surface area is 151 Å². The summed E-state index contributed by atoms with van der Waals surface area (Å²) in [6, 6.07) is 10.2. The zero-order valence-corrected chi connectivity index (χ0v) is 15.3. The number of ether oxygens (including phenoxy) is 1. The Kier molecular flexibility index (Phi) is 4.42. The first-order chi connectivity index (χ1) is 11.4. The third kappa shape index (κ3) is 2.94. The number of urea groups is 1. The molecule has 2 aromatic rings. The molecule has 1 aliphatic rings. The monoisotopic (exact) mass is 407 g/mol. The normalized spacial score (nSPS) is 20.7. The first-order valence-electron chi connectivity index (χ1n) is 7.04. The van der Waals surface area contributed by atoms with Gasteiger partial charge in [-0.15, -0.1) is 16.3 Å². The molecule has 0 spiro atoms. The van der Waals surface area contributed by atoms with Crippen LogP contribution in [0.1, 0.15) is 17.4 Å². The van der Waals surface area contributed by atoms with Crippen LogP contribution in [0.25, 0.3) is 0 Å². The van der Waals surface area contributed by atoms with E-state index in [1.54, 1.807) is 38.3 Å². The van der Waals surface area contributed by atoms with Crippen molar-refractivity contribution in [3.8, 4) is 5.75 Å². The molecule has 1 atom stereocenters. The number of thiophene rings is 1. The topological polar surface area (TPSA) is 71.0 Å². The highest BCUT2D eigenvalue weighted by atomic mass is 79.9. The van der Waals surface area contributed by atoms with Gasteiger partial charge in [0.25, 0.3) is 5.91 Å². The van der Waals surface area contributed by atoms with E-state index in [0.717, 1.165) is 13.7 Å². The largest absolute Gasteiger partial charge is 0.497 e. The quantitative estimate of drug-likeness (QED) is 0.623. The zero-order valence-electron chi connectivity index (χ0n) is 12.9. The van der Waals surface area contributed by atoms with Gasteiger partial charge in [-0.2, -0.15) is 5.10 Å². The zero-order chi connectivity index (χ0) is 17.3. The fraction of sp³-hybridized carbons (Fsp3) is 0.188. The lowest BCUT2D eigenvalue weighted by molar-refractivity contribution is -0.131. The second-order valence-electron chi connectivity index (χ2n) is 5.29. The lowest BCUT2D eigenvalue weighted by atomic mass is 9.92. The first-order valence-corrected chi connectivity index (χ1v) is 8.65. The standard InChI is InChI=1S/C16H14BrN3O3S/c1-16(10-3-5-11(23-2)6-4-10)14(21)20(15(22)19-16)18-9-12-7-8-13(17)24-12/h3-9H,1-2H3,(H,19,22)/b18-9+. The number of benzene rings is 1. The van der Waals surface area contributed by atoms with E-state index in [1.807, 2.05) is 12.1 Å². The number of carbonyl (C=O) groups excluding carboxylic acids is 2. The van der Waals surface area contributed by atoms with Crippen LogP contribution in [0, 0.1) is 0 Å². The summed E-state index contributed by atoms with van der Waals surface area (Å²) in [5.41, 5.74) is -0.491. The van der Waals surface area contributed by atoms with Gasteiger partial charge >= 0.3 is 6.03 Å². The molecule has 0 saturated carbocycles. The van der Waals surface area contributed by atoms with E-state index in [2.05, 4.69) is 26.3 Å². The van der Waals surface area contributed by atoms with Gasteiger partial charge in [-0.05, 0) is 52.7 Å². The lowest BCUT2D eigenvalue weighted by Crippen LogP contribution is -2.40. The molecular weight excluding hydrogens is 394 g/mol. The summed E-state index contributed by atoms with van der Waals surface area (Å²) < 4.78 is 6.06. The molecule has 3 amide bonds. The van der Waals surface area contributed by atoms with Gasteiger partial charge < -0.3 is 10.1 Å². The third-order valence-electron chi connectivity index (χ3n) is 3.73. The molecule has 2 heterocycles. The maximum Gasteiger partial charge on any atom is 0.346 e. The lowest BCUT2D eigenvalue weighted by Gasteiger charge is -2.21. The van der Waals surface area contributed by atoms with E-state index in [9.17, 15) is 9.59 Å². The Bertz CT molecular complexity index is 818. The van der Waals surface area contributed by atoms with E-state index in [0.29, 0.717) is 11.3 Å². The number of nitrogens with one attached hydrogen (secondary N) is 1. The number of hydrogen-bond donors (Lipinski definition) is 1. The van der Waals surface area contributed by atoms with Crippen LogP contribution in [-0.2, 0) is 10.3 Å². The summed E-state index contributed by atoms with van der Waals surface area (Å²) in [4.78, 5) is 25.7. The van der Waals surface area contributed by atoms with Gasteiger partial charge in [0.05, 0.1) is 17.1 Å². The van der Waals surface area contributed by atoms with Crippen molar-refractivity contribution in [1.29, 1.82) is 0 Å².